The molecule has 0 fully saturated rings. The third kappa shape index (κ3) is 7.26. The van der Waals surface area contributed by atoms with Crippen LogP contribution in [0, 0.1) is 0 Å². The van der Waals surface area contributed by atoms with Crippen molar-refractivity contribution in [3.63, 3.8) is 0 Å². The van der Waals surface area contributed by atoms with Crippen molar-refractivity contribution in [1.82, 2.24) is 0 Å². The lowest BCUT2D eigenvalue weighted by Crippen LogP contribution is -2.22. The Morgan fingerprint density at radius 1 is 0.500 bits per heavy atom. The van der Waals surface area contributed by atoms with Gasteiger partial charge in [-0.15, -0.1) is 0 Å². The zero-order chi connectivity index (χ0) is 36.0. The number of carbonyl (C=O) groups is 4. The SMILES string of the molecule is C=Cc1ccc(COC(=O)c2ccccc2Sc2cccc3c2C(=O)c2cccc(Sc4ccccc4C(=O)OCc4ccccc4)c2C3=O)cc1. The molecule has 6 aromatic rings. The van der Waals surface area contributed by atoms with Gasteiger partial charge in [-0.05, 0) is 53.1 Å². The highest BCUT2D eigenvalue weighted by Crippen LogP contribution is 2.42. The zero-order valence-electron chi connectivity index (χ0n) is 27.7. The maximum Gasteiger partial charge on any atom is 0.339 e. The predicted octanol–water partition coefficient (Wildman–Crippen LogP) is 10.1. The molecule has 0 spiro atoms. The summed E-state index contributed by atoms with van der Waals surface area (Å²) in [6.45, 7) is 3.98. The molecule has 1 aliphatic rings. The van der Waals surface area contributed by atoms with Crippen LogP contribution in [0.1, 0.15) is 69.2 Å². The third-order valence-corrected chi connectivity index (χ3v) is 10.7. The van der Waals surface area contributed by atoms with E-state index in [1.54, 1.807) is 78.9 Å². The average Bonchev–Trinajstić information content (AvgIpc) is 3.19. The minimum atomic E-state index is -0.501. The quantitative estimate of drug-likeness (QED) is 0.122. The van der Waals surface area contributed by atoms with Gasteiger partial charge < -0.3 is 9.47 Å². The fourth-order valence-electron chi connectivity index (χ4n) is 5.81. The Morgan fingerprint density at radius 3 is 1.40 bits per heavy atom. The molecule has 8 heteroatoms. The maximum absolute atomic E-state index is 14.2. The van der Waals surface area contributed by atoms with E-state index < -0.39 is 11.9 Å². The highest BCUT2D eigenvalue weighted by atomic mass is 32.2. The molecular formula is C44H30O6S2. The van der Waals surface area contributed by atoms with E-state index in [0.29, 0.717) is 30.7 Å². The molecule has 0 bridgehead atoms. The first-order valence-electron chi connectivity index (χ1n) is 16.4. The lowest BCUT2D eigenvalue weighted by molar-refractivity contribution is 0.0460. The summed E-state index contributed by atoms with van der Waals surface area (Å²) in [6.07, 6.45) is 1.74. The summed E-state index contributed by atoms with van der Waals surface area (Å²) in [5.74, 6) is -1.58. The molecule has 0 N–H and O–H groups in total. The van der Waals surface area contributed by atoms with Crippen molar-refractivity contribution in [3.05, 3.63) is 196 Å². The van der Waals surface area contributed by atoms with Crippen LogP contribution in [0.3, 0.4) is 0 Å². The molecule has 0 saturated heterocycles. The predicted molar refractivity (Wildman–Crippen MR) is 202 cm³/mol. The van der Waals surface area contributed by atoms with Crippen molar-refractivity contribution in [2.75, 3.05) is 0 Å². The van der Waals surface area contributed by atoms with Crippen molar-refractivity contribution in [2.24, 2.45) is 0 Å². The first-order chi connectivity index (χ1) is 25.4. The molecule has 0 atom stereocenters. The van der Waals surface area contributed by atoms with Crippen LogP contribution >= 0.6 is 23.5 Å². The number of rotatable bonds is 11. The van der Waals surface area contributed by atoms with Gasteiger partial charge in [0.15, 0.2) is 11.6 Å². The number of ether oxygens (including phenoxy) is 2. The standard InChI is InChI=1S/C44H30O6S2/c1-2-28-22-24-30(25-23-28)27-50-44(48)32-15-7-9-19-36(32)52-38-21-11-17-34-40(38)42(46)33-16-10-20-37(39(33)41(34)45)51-35-18-8-6-14-31(35)43(47)49-26-29-12-4-3-5-13-29/h2-25H,1,26-27H2. The van der Waals surface area contributed by atoms with E-state index in [9.17, 15) is 19.2 Å². The first kappa shape index (κ1) is 34.5. The van der Waals surface area contributed by atoms with Crippen molar-refractivity contribution in [1.29, 1.82) is 0 Å². The molecule has 7 rings (SSSR count). The minimum absolute atomic E-state index is 0.0967. The van der Waals surface area contributed by atoms with E-state index in [2.05, 4.69) is 6.58 Å². The van der Waals surface area contributed by atoms with E-state index in [4.69, 9.17) is 9.47 Å². The highest BCUT2D eigenvalue weighted by molar-refractivity contribution is 7.99. The minimum Gasteiger partial charge on any atom is -0.457 e. The molecule has 1 aliphatic carbocycles. The molecule has 0 amide bonds. The van der Waals surface area contributed by atoms with Crippen LogP contribution in [0.25, 0.3) is 6.08 Å². The van der Waals surface area contributed by atoms with Crippen LogP contribution in [-0.2, 0) is 22.7 Å². The molecule has 52 heavy (non-hydrogen) atoms. The highest BCUT2D eigenvalue weighted by Gasteiger charge is 2.34. The summed E-state index contributed by atoms with van der Waals surface area (Å²) in [7, 11) is 0. The number of hydrogen-bond donors (Lipinski definition) is 0. The fourth-order valence-corrected chi connectivity index (χ4v) is 8.00. The Hall–Kier alpha value is -5.96. The number of ketones is 2. The molecule has 0 saturated carbocycles. The fraction of sp³-hybridized carbons (Fsp3) is 0.0455. The van der Waals surface area contributed by atoms with Crippen LogP contribution in [0.15, 0.2) is 166 Å². The molecule has 0 aliphatic heterocycles. The number of fused-ring (bicyclic) bond motifs is 2. The van der Waals surface area contributed by atoms with Crippen LogP contribution in [0.5, 0.6) is 0 Å². The Bertz CT molecular complexity index is 2350. The number of esters is 2. The van der Waals surface area contributed by atoms with Crippen LogP contribution in [0.4, 0.5) is 0 Å². The second-order valence-electron chi connectivity index (χ2n) is 11.8. The van der Waals surface area contributed by atoms with Crippen LogP contribution in [-0.4, -0.2) is 23.5 Å². The lowest BCUT2D eigenvalue weighted by atomic mass is 9.84. The molecule has 6 nitrogen and oxygen atoms in total. The Balaban J connectivity index is 1.13. The van der Waals surface area contributed by atoms with E-state index in [-0.39, 0.29) is 47.0 Å². The topological polar surface area (TPSA) is 86.7 Å². The average molecular weight is 719 g/mol. The van der Waals surface area contributed by atoms with Crippen LogP contribution < -0.4 is 0 Å². The normalized spacial score (nSPS) is 11.7. The molecule has 0 aromatic heterocycles. The lowest BCUT2D eigenvalue weighted by Gasteiger charge is -2.22. The van der Waals surface area contributed by atoms with Gasteiger partial charge in [0.1, 0.15) is 13.2 Å². The monoisotopic (exact) mass is 718 g/mol. The summed E-state index contributed by atoms with van der Waals surface area (Å²) in [4.78, 5) is 57.2. The van der Waals surface area contributed by atoms with Crippen LogP contribution in [0.2, 0.25) is 0 Å². The van der Waals surface area contributed by atoms with E-state index >= 15 is 0 Å². The molecule has 254 valence electrons. The zero-order valence-corrected chi connectivity index (χ0v) is 29.4. The van der Waals surface area contributed by atoms with E-state index in [0.717, 1.165) is 16.7 Å². The van der Waals surface area contributed by atoms with Gasteiger partial charge in [-0.25, -0.2) is 9.59 Å². The molecule has 0 heterocycles. The van der Waals surface area contributed by atoms with Crippen molar-refractivity contribution >= 4 is 53.1 Å². The van der Waals surface area contributed by atoms with E-state index in [1.807, 2.05) is 66.7 Å². The summed E-state index contributed by atoms with van der Waals surface area (Å²) < 4.78 is 11.3. The molecule has 0 unspecified atom stereocenters. The number of benzene rings is 6. The van der Waals surface area contributed by atoms with Crippen molar-refractivity contribution in [2.45, 2.75) is 32.8 Å². The number of carbonyl (C=O) groups excluding carboxylic acids is 4. The van der Waals surface area contributed by atoms with Gasteiger partial charge in [0.25, 0.3) is 0 Å². The third-order valence-electron chi connectivity index (χ3n) is 8.45. The van der Waals surface area contributed by atoms with Gasteiger partial charge >= 0.3 is 11.9 Å². The number of hydrogen-bond acceptors (Lipinski definition) is 8. The molecule has 0 radical (unpaired) electrons. The maximum atomic E-state index is 14.2. The van der Waals surface area contributed by atoms with Gasteiger partial charge in [0.05, 0.1) is 11.1 Å². The Labute approximate surface area is 309 Å². The van der Waals surface area contributed by atoms with E-state index in [1.165, 1.54) is 23.5 Å². The summed E-state index contributed by atoms with van der Waals surface area (Å²) in [6, 6.07) is 41.4. The Morgan fingerprint density at radius 2 is 0.923 bits per heavy atom. The summed E-state index contributed by atoms with van der Waals surface area (Å²) in [5.41, 5.74) is 4.49. The second-order valence-corrected chi connectivity index (χ2v) is 14.0. The molecular weight excluding hydrogens is 689 g/mol. The van der Waals surface area contributed by atoms with Gasteiger partial charge in [0, 0.05) is 41.8 Å². The second kappa shape index (κ2) is 15.5. The van der Waals surface area contributed by atoms with Crippen molar-refractivity contribution < 1.29 is 28.7 Å². The largest absolute Gasteiger partial charge is 0.457 e. The smallest absolute Gasteiger partial charge is 0.339 e. The summed E-state index contributed by atoms with van der Waals surface area (Å²) >= 11 is 2.48. The van der Waals surface area contributed by atoms with Gasteiger partial charge in [-0.3, -0.25) is 9.59 Å². The summed E-state index contributed by atoms with van der Waals surface area (Å²) in [5, 5.41) is 0. The molecule has 6 aromatic carbocycles. The van der Waals surface area contributed by atoms with Gasteiger partial charge in [-0.1, -0.05) is 139 Å². The van der Waals surface area contributed by atoms with Gasteiger partial charge in [0.2, 0.25) is 0 Å². The van der Waals surface area contributed by atoms with Gasteiger partial charge in [-0.2, -0.15) is 0 Å². The van der Waals surface area contributed by atoms with Crippen molar-refractivity contribution in [3.8, 4) is 0 Å². The Kier molecular flexibility index (Phi) is 10.3. The first-order valence-corrected chi connectivity index (χ1v) is 18.0.